The van der Waals surface area contributed by atoms with E-state index in [0.717, 1.165) is 0 Å². The Hall–Kier alpha value is -1.74. The van der Waals surface area contributed by atoms with E-state index in [9.17, 15) is 8.42 Å². The highest BCUT2D eigenvalue weighted by atomic mass is 35.5. The highest BCUT2D eigenvalue weighted by Crippen LogP contribution is 2.19. The van der Waals surface area contributed by atoms with Crippen molar-refractivity contribution >= 4 is 51.3 Å². The van der Waals surface area contributed by atoms with Crippen LogP contribution in [0.15, 0.2) is 29.2 Å². The van der Waals surface area contributed by atoms with Crippen molar-refractivity contribution in [2.45, 2.75) is 4.90 Å². The number of sulfone groups is 1. The average molecular weight is 424 g/mol. The monoisotopic (exact) mass is 423 g/mol. The quantitative estimate of drug-likeness (QED) is 0.222. The van der Waals surface area contributed by atoms with Gasteiger partial charge in [0.1, 0.15) is 0 Å². The summed E-state index contributed by atoms with van der Waals surface area (Å²) in [5.41, 5.74) is 0.563. The molecule has 26 heavy (non-hydrogen) atoms. The van der Waals surface area contributed by atoms with Crippen LogP contribution in [-0.2, 0) is 23.4 Å². The molecule has 142 valence electrons. The Morgan fingerprint density at radius 1 is 1.19 bits per heavy atom. The van der Waals surface area contributed by atoms with Crippen LogP contribution in [-0.4, -0.2) is 48.0 Å². The summed E-state index contributed by atoms with van der Waals surface area (Å²) in [4.78, 5) is 12.0. The Morgan fingerprint density at radius 3 is 2.54 bits per heavy atom. The number of rotatable bonds is 10. The second kappa shape index (κ2) is 9.82. The minimum atomic E-state index is -3.55. The summed E-state index contributed by atoms with van der Waals surface area (Å²) >= 11 is 6.11. The summed E-state index contributed by atoms with van der Waals surface area (Å²) in [7, 11) is -1.91. The molecule has 0 saturated carbocycles. The van der Waals surface area contributed by atoms with Crippen LogP contribution >= 0.6 is 23.9 Å². The second-order valence-electron chi connectivity index (χ2n) is 4.50. The van der Waals surface area contributed by atoms with E-state index in [1.54, 1.807) is 19.2 Å². The lowest BCUT2D eigenvalue weighted by atomic mass is 10.3. The molecule has 0 unspecified atom stereocenters. The van der Waals surface area contributed by atoms with Crippen molar-refractivity contribution < 1.29 is 27.2 Å². The van der Waals surface area contributed by atoms with Crippen molar-refractivity contribution in [3.05, 3.63) is 29.5 Å². The highest BCUT2D eigenvalue weighted by molar-refractivity contribution is 7.91. The van der Waals surface area contributed by atoms with Gasteiger partial charge in [0.25, 0.3) is 0 Å². The second-order valence-corrected chi connectivity index (χ2v) is 7.46. The minimum absolute atomic E-state index is 0.0134. The molecule has 1 aromatic heterocycles. The zero-order valence-corrected chi connectivity index (χ0v) is 15.6. The Kier molecular flexibility index (Phi) is 7.77. The van der Waals surface area contributed by atoms with Crippen LogP contribution in [0.2, 0.25) is 5.28 Å². The molecule has 0 saturated heterocycles. The van der Waals surface area contributed by atoms with Crippen molar-refractivity contribution in [3.8, 4) is 0 Å². The van der Waals surface area contributed by atoms with Crippen LogP contribution in [0.1, 0.15) is 0 Å². The Morgan fingerprint density at radius 2 is 1.88 bits per heavy atom. The summed E-state index contributed by atoms with van der Waals surface area (Å²) in [5, 5.41) is 16.9. The lowest BCUT2D eigenvalue weighted by molar-refractivity contribution is -0.434. The summed E-state index contributed by atoms with van der Waals surface area (Å²) < 4.78 is 33.1. The molecule has 0 aliphatic heterocycles. The van der Waals surface area contributed by atoms with E-state index in [2.05, 4.69) is 35.0 Å². The third kappa shape index (κ3) is 6.21. The average Bonchev–Trinajstić information content (AvgIpc) is 2.61. The lowest BCUT2D eigenvalue weighted by Crippen LogP contribution is -2.11. The largest absolute Gasteiger partial charge is 0.357 e. The molecular weight excluding hydrogens is 410 g/mol. The fraction of sp³-hybridized carbons (Fsp3) is 0.250. The van der Waals surface area contributed by atoms with E-state index in [4.69, 9.17) is 21.0 Å². The number of hydrogen-bond donors (Lipinski definition) is 3. The Balaban J connectivity index is 2.00. The van der Waals surface area contributed by atoms with Crippen molar-refractivity contribution in [3.63, 3.8) is 0 Å². The number of aromatic nitrogens is 3. The number of nitrogens with one attached hydrogen (secondary N) is 2. The van der Waals surface area contributed by atoms with Crippen LogP contribution in [0.5, 0.6) is 0 Å². The Labute approximate surface area is 158 Å². The smallest absolute Gasteiger partial charge is 0.233 e. The zero-order valence-electron chi connectivity index (χ0n) is 13.2. The maximum absolute atomic E-state index is 12.2. The predicted octanol–water partition coefficient (Wildman–Crippen LogP) is 2.08. The molecule has 14 heteroatoms. The van der Waals surface area contributed by atoms with Gasteiger partial charge < -0.3 is 10.6 Å². The summed E-state index contributed by atoms with van der Waals surface area (Å²) in [6.45, 7) is -0.160. The van der Waals surface area contributed by atoms with E-state index < -0.39 is 9.84 Å². The van der Waals surface area contributed by atoms with Gasteiger partial charge in [-0.2, -0.15) is 15.0 Å². The van der Waals surface area contributed by atoms with Crippen molar-refractivity contribution in [2.75, 3.05) is 30.0 Å². The summed E-state index contributed by atoms with van der Waals surface area (Å²) in [5.74, 6) is 0.220. The van der Waals surface area contributed by atoms with Gasteiger partial charge in [-0.05, 0) is 35.9 Å². The van der Waals surface area contributed by atoms with Gasteiger partial charge in [0.05, 0.1) is 17.3 Å². The van der Waals surface area contributed by atoms with Crippen LogP contribution < -0.4 is 10.6 Å². The van der Waals surface area contributed by atoms with Gasteiger partial charge in [-0.3, -0.25) is 4.18 Å². The van der Waals surface area contributed by atoms with E-state index in [1.165, 1.54) is 12.1 Å². The number of hydrogen-bond acceptors (Lipinski definition) is 12. The standard InChI is InChI=1S/C12H14ClN5O6S2/c1-14-11-16-10(13)17-12(18-11)15-8-2-4-9(5-3-8)26(20,21)7-6-22-25-24-23-19/h2-5,19H,6-7H2,1H3,(H2,14,15,16,17,18). The maximum atomic E-state index is 12.2. The van der Waals surface area contributed by atoms with Crippen LogP contribution in [0.25, 0.3) is 0 Å². The Bertz CT molecular complexity index is 823. The molecule has 1 aromatic carbocycles. The molecule has 0 amide bonds. The van der Waals surface area contributed by atoms with Crippen molar-refractivity contribution in [1.29, 1.82) is 0 Å². The predicted molar refractivity (Wildman–Crippen MR) is 94.5 cm³/mol. The molecular formula is C12H14ClN5O6S2. The number of nitrogens with zero attached hydrogens (tertiary/aromatic N) is 3. The normalized spacial score (nSPS) is 11.3. The molecule has 2 aromatic rings. The maximum Gasteiger partial charge on any atom is 0.233 e. The molecule has 0 spiro atoms. The van der Waals surface area contributed by atoms with E-state index in [-0.39, 0.29) is 28.5 Å². The molecule has 0 fully saturated rings. The first-order valence-electron chi connectivity index (χ1n) is 6.90. The van der Waals surface area contributed by atoms with E-state index in [0.29, 0.717) is 24.0 Å². The zero-order chi connectivity index (χ0) is 19.0. The fourth-order valence-corrected chi connectivity index (χ4v) is 3.29. The van der Waals surface area contributed by atoms with Gasteiger partial charge in [0, 0.05) is 12.7 Å². The first-order chi connectivity index (χ1) is 12.4. The molecule has 1 heterocycles. The highest BCUT2D eigenvalue weighted by Gasteiger charge is 2.15. The summed E-state index contributed by atoms with van der Waals surface area (Å²) in [6.07, 6.45) is 0. The van der Waals surface area contributed by atoms with Crippen LogP contribution in [0.3, 0.4) is 0 Å². The van der Waals surface area contributed by atoms with E-state index >= 15 is 0 Å². The summed E-state index contributed by atoms with van der Waals surface area (Å²) in [6, 6.07) is 5.98. The number of halogens is 1. The minimum Gasteiger partial charge on any atom is -0.357 e. The third-order valence-corrected chi connectivity index (χ3v) is 5.09. The first-order valence-corrected chi connectivity index (χ1v) is 9.60. The topological polar surface area (TPSA) is 145 Å². The van der Waals surface area contributed by atoms with Gasteiger partial charge >= 0.3 is 0 Å². The van der Waals surface area contributed by atoms with Crippen molar-refractivity contribution in [1.82, 2.24) is 15.0 Å². The first kappa shape index (κ1) is 20.6. The molecule has 0 radical (unpaired) electrons. The van der Waals surface area contributed by atoms with Gasteiger partial charge in [0.2, 0.25) is 17.2 Å². The molecule has 2 rings (SSSR count). The number of benzene rings is 1. The van der Waals surface area contributed by atoms with Gasteiger partial charge in [-0.25, -0.2) is 13.7 Å². The van der Waals surface area contributed by atoms with Crippen molar-refractivity contribution in [2.24, 2.45) is 0 Å². The third-order valence-electron chi connectivity index (χ3n) is 2.84. The van der Waals surface area contributed by atoms with Crippen LogP contribution in [0, 0.1) is 0 Å². The molecule has 0 bridgehead atoms. The fourth-order valence-electron chi connectivity index (χ4n) is 1.72. The molecule has 0 aliphatic rings. The van der Waals surface area contributed by atoms with Gasteiger partial charge in [-0.15, -0.1) is 4.33 Å². The number of anilines is 3. The SMILES string of the molecule is CNc1nc(Cl)nc(Nc2ccc(S(=O)(=O)CCOSOOO)cc2)n1. The lowest BCUT2D eigenvalue weighted by Gasteiger charge is -2.08. The van der Waals surface area contributed by atoms with Gasteiger partial charge in [-0.1, -0.05) is 5.04 Å². The van der Waals surface area contributed by atoms with E-state index in [1.807, 2.05) is 0 Å². The molecule has 3 N–H and O–H groups in total. The molecule has 0 aliphatic carbocycles. The van der Waals surface area contributed by atoms with Gasteiger partial charge in [0.15, 0.2) is 22.2 Å². The molecule has 0 atom stereocenters. The van der Waals surface area contributed by atoms with Crippen LogP contribution in [0.4, 0.5) is 17.6 Å². The molecule has 11 nitrogen and oxygen atoms in total.